The van der Waals surface area contributed by atoms with Crippen molar-refractivity contribution in [1.82, 2.24) is 10.2 Å². The Bertz CT molecular complexity index is 443. The topological polar surface area (TPSA) is 67.6 Å². The van der Waals surface area contributed by atoms with Crippen LogP contribution in [0.2, 0.25) is 0 Å². The SMILES string of the molecule is CC(c1cccs1)N(C)C(CN)CCNC(=O)OC(C)(C)C. The van der Waals surface area contributed by atoms with Crippen molar-refractivity contribution in [2.75, 3.05) is 20.1 Å². The van der Waals surface area contributed by atoms with Gasteiger partial charge in [-0.1, -0.05) is 6.07 Å². The summed E-state index contributed by atoms with van der Waals surface area (Å²) >= 11 is 1.75. The number of alkyl carbamates (subject to hydrolysis) is 1. The minimum atomic E-state index is -0.470. The Morgan fingerprint density at radius 1 is 1.50 bits per heavy atom. The highest BCUT2D eigenvalue weighted by atomic mass is 32.1. The van der Waals surface area contributed by atoms with Crippen LogP contribution in [0.3, 0.4) is 0 Å². The molecule has 0 saturated heterocycles. The molecule has 0 aliphatic heterocycles. The maximum absolute atomic E-state index is 11.6. The Labute approximate surface area is 137 Å². The van der Waals surface area contributed by atoms with Crippen LogP contribution >= 0.6 is 11.3 Å². The van der Waals surface area contributed by atoms with Crippen LogP contribution in [0, 0.1) is 0 Å². The fourth-order valence-corrected chi connectivity index (χ4v) is 3.02. The summed E-state index contributed by atoms with van der Waals surface area (Å²) in [6.07, 6.45) is 0.416. The van der Waals surface area contributed by atoms with Crippen molar-refractivity contribution in [1.29, 1.82) is 0 Å². The average Bonchev–Trinajstić information content (AvgIpc) is 2.94. The highest BCUT2D eigenvalue weighted by Gasteiger charge is 2.21. The molecule has 126 valence electrons. The van der Waals surface area contributed by atoms with E-state index in [1.54, 1.807) is 11.3 Å². The van der Waals surface area contributed by atoms with Gasteiger partial charge in [0.2, 0.25) is 0 Å². The molecule has 0 aromatic carbocycles. The summed E-state index contributed by atoms with van der Waals surface area (Å²) in [5.41, 5.74) is 5.43. The highest BCUT2D eigenvalue weighted by molar-refractivity contribution is 7.10. The van der Waals surface area contributed by atoms with E-state index in [0.717, 1.165) is 6.42 Å². The maximum atomic E-state index is 11.6. The van der Waals surface area contributed by atoms with E-state index in [1.807, 2.05) is 20.8 Å². The first-order chi connectivity index (χ1) is 10.2. The lowest BCUT2D eigenvalue weighted by Crippen LogP contribution is -2.42. The molecule has 1 rings (SSSR count). The molecule has 0 aliphatic carbocycles. The molecule has 2 unspecified atom stereocenters. The monoisotopic (exact) mass is 327 g/mol. The highest BCUT2D eigenvalue weighted by Crippen LogP contribution is 2.25. The van der Waals surface area contributed by atoms with Crippen LogP contribution in [0.15, 0.2) is 17.5 Å². The first-order valence-corrected chi connectivity index (χ1v) is 8.55. The molecule has 6 heteroatoms. The number of carbonyl (C=O) groups is 1. The summed E-state index contributed by atoms with van der Waals surface area (Å²) < 4.78 is 5.23. The number of thiophene rings is 1. The summed E-state index contributed by atoms with van der Waals surface area (Å²) in [4.78, 5) is 15.2. The summed E-state index contributed by atoms with van der Waals surface area (Å²) in [5, 5.41) is 4.88. The number of amides is 1. The second-order valence-electron chi connectivity index (χ2n) is 6.46. The lowest BCUT2D eigenvalue weighted by molar-refractivity contribution is 0.0521. The van der Waals surface area contributed by atoms with E-state index in [0.29, 0.717) is 19.1 Å². The number of nitrogens with one attached hydrogen (secondary N) is 1. The molecule has 3 N–H and O–H groups in total. The summed E-state index contributed by atoms with van der Waals surface area (Å²) in [7, 11) is 2.08. The average molecular weight is 327 g/mol. The number of ether oxygens (including phenoxy) is 1. The second-order valence-corrected chi connectivity index (χ2v) is 7.44. The largest absolute Gasteiger partial charge is 0.444 e. The van der Waals surface area contributed by atoms with Crippen molar-refractivity contribution >= 4 is 17.4 Å². The van der Waals surface area contributed by atoms with Gasteiger partial charge in [0.15, 0.2) is 0 Å². The number of hydrogen-bond donors (Lipinski definition) is 2. The molecular formula is C16H29N3O2S. The molecule has 1 aromatic heterocycles. The molecular weight excluding hydrogens is 298 g/mol. The van der Waals surface area contributed by atoms with Gasteiger partial charge in [0.25, 0.3) is 0 Å². The minimum absolute atomic E-state index is 0.215. The van der Waals surface area contributed by atoms with Gasteiger partial charge in [-0.15, -0.1) is 11.3 Å². The van der Waals surface area contributed by atoms with Gasteiger partial charge in [0.05, 0.1) is 0 Å². The van der Waals surface area contributed by atoms with E-state index in [9.17, 15) is 4.79 Å². The molecule has 1 amide bonds. The molecule has 0 fully saturated rings. The van der Waals surface area contributed by atoms with Crippen molar-refractivity contribution in [3.05, 3.63) is 22.4 Å². The predicted molar refractivity (Wildman–Crippen MR) is 92.2 cm³/mol. The van der Waals surface area contributed by atoms with Crippen molar-refractivity contribution in [3.8, 4) is 0 Å². The number of nitrogens with two attached hydrogens (primary N) is 1. The van der Waals surface area contributed by atoms with Crippen molar-refractivity contribution in [2.24, 2.45) is 5.73 Å². The molecule has 0 spiro atoms. The Morgan fingerprint density at radius 3 is 2.68 bits per heavy atom. The van der Waals surface area contributed by atoms with Crippen LogP contribution in [-0.4, -0.2) is 42.8 Å². The van der Waals surface area contributed by atoms with E-state index >= 15 is 0 Å². The van der Waals surface area contributed by atoms with E-state index in [1.165, 1.54) is 4.88 Å². The van der Waals surface area contributed by atoms with Crippen molar-refractivity contribution in [3.63, 3.8) is 0 Å². The zero-order valence-corrected chi connectivity index (χ0v) is 15.1. The molecule has 0 saturated carbocycles. The number of likely N-dealkylation sites (N-methyl/N-ethyl adjacent to an activating group) is 1. The van der Waals surface area contributed by atoms with E-state index in [2.05, 4.69) is 41.7 Å². The van der Waals surface area contributed by atoms with Gasteiger partial charge in [-0.05, 0) is 52.6 Å². The van der Waals surface area contributed by atoms with Gasteiger partial charge in [0.1, 0.15) is 5.60 Å². The first kappa shape index (κ1) is 18.9. The molecule has 0 aliphatic rings. The van der Waals surface area contributed by atoms with Gasteiger partial charge in [-0.2, -0.15) is 0 Å². The van der Waals surface area contributed by atoms with Gasteiger partial charge in [-0.25, -0.2) is 4.79 Å². The molecule has 1 aromatic rings. The van der Waals surface area contributed by atoms with Gasteiger partial charge < -0.3 is 15.8 Å². The smallest absolute Gasteiger partial charge is 0.407 e. The van der Waals surface area contributed by atoms with Crippen LogP contribution in [0.5, 0.6) is 0 Å². The van der Waals surface area contributed by atoms with Crippen LogP contribution in [0.25, 0.3) is 0 Å². The fourth-order valence-electron chi connectivity index (χ4n) is 2.19. The Morgan fingerprint density at radius 2 is 2.18 bits per heavy atom. The zero-order chi connectivity index (χ0) is 16.8. The van der Waals surface area contributed by atoms with E-state index in [4.69, 9.17) is 10.5 Å². The summed E-state index contributed by atoms with van der Waals surface area (Å²) in [6, 6.07) is 4.73. The minimum Gasteiger partial charge on any atom is -0.444 e. The lowest BCUT2D eigenvalue weighted by atomic mass is 10.1. The van der Waals surface area contributed by atoms with E-state index < -0.39 is 5.60 Å². The van der Waals surface area contributed by atoms with Crippen LogP contribution < -0.4 is 11.1 Å². The standard InChI is InChI=1S/C16H29N3O2S/c1-12(14-7-6-10-22-14)19(5)13(11-17)8-9-18-15(20)21-16(2,3)4/h6-7,10,12-13H,8-9,11,17H2,1-5H3,(H,18,20). The van der Waals surface area contributed by atoms with Crippen LogP contribution in [-0.2, 0) is 4.74 Å². The lowest BCUT2D eigenvalue weighted by Gasteiger charge is -2.32. The molecule has 0 bridgehead atoms. The number of hydrogen-bond acceptors (Lipinski definition) is 5. The fraction of sp³-hybridized carbons (Fsp3) is 0.688. The Balaban J connectivity index is 2.43. The number of nitrogens with zero attached hydrogens (tertiary/aromatic N) is 1. The summed E-state index contributed by atoms with van der Waals surface area (Å²) in [6.45, 7) is 8.85. The van der Waals surface area contributed by atoms with Crippen molar-refractivity contribution in [2.45, 2.75) is 51.8 Å². The molecule has 1 heterocycles. The zero-order valence-electron chi connectivity index (χ0n) is 14.3. The Hall–Kier alpha value is -1.11. The molecule has 5 nitrogen and oxygen atoms in total. The molecule has 2 atom stereocenters. The van der Waals surface area contributed by atoms with Crippen LogP contribution in [0.1, 0.15) is 45.0 Å². The molecule has 0 radical (unpaired) electrons. The van der Waals surface area contributed by atoms with Crippen LogP contribution in [0.4, 0.5) is 4.79 Å². The molecule has 22 heavy (non-hydrogen) atoms. The van der Waals surface area contributed by atoms with Crippen molar-refractivity contribution < 1.29 is 9.53 Å². The maximum Gasteiger partial charge on any atom is 0.407 e. The normalized spacial score (nSPS) is 14.7. The first-order valence-electron chi connectivity index (χ1n) is 7.67. The Kier molecular flexibility index (Phi) is 7.32. The number of rotatable bonds is 7. The third kappa shape index (κ3) is 6.34. The summed E-state index contributed by atoms with van der Waals surface area (Å²) in [5.74, 6) is 0. The predicted octanol–water partition coefficient (Wildman–Crippen LogP) is 2.98. The van der Waals surface area contributed by atoms with Gasteiger partial charge >= 0.3 is 6.09 Å². The quantitative estimate of drug-likeness (QED) is 0.808. The third-order valence-corrected chi connectivity index (χ3v) is 4.60. The van der Waals surface area contributed by atoms with E-state index in [-0.39, 0.29) is 12.1 Å². The van der Waals surface area contributed by atoms with Gasteiger partial charge in [0, 0.05) is 30.1 Å². The third-order valence-electron chi connectivity index (χ3n) is 3.56. The second kappa shape index (κ2) is 8.50. The van der Waals surface area contributed by atoms with Gasteiger partial charge in [-0.3, -0.25) is 4.90 Å². The number of carbonyl (C=O) groups excluding carboxylic acids is 1.